The van der Waals surface area contributed by atoms with Gasteiger partial charge in [0.1, 0.15) is 0 Å². The first-order chi connectivity index (χ1) is 9.24. The lowest BCUT2D eigenvalue weighted by Crippen LogP contribution is -2.32. The zero-order valence-electron chi connectivity index (χ0n) is 10.9. The number of aromatic nitrogens is 2. The van der Waals surface area contributed by atoms with Crippen LogP contribution in [0, 0.1) is 0 Å². The topological polar surface area (TPSA) is 59.4 Å². The van der Waals surface area contributed by atoms with Gasteiger partial charge in [-0.2, -0.15) is 5.10 Å². The zero-order chi connectivity index (χ0) is 13.2. The molecule has 0 bridgehead atoms. The first-order valence-corrected chi connectivity index (χ1v) is 6.33. The number of nitrogens with two attached hydrogens (primary N) is 1. The van der Waals surface area contributed by atoms with Gasteiger partial charge in [0.25, 0.3) is 0 Å². The number of nitrogens with zero attached hydrogens (tertiary/aromatic N) is 4. The van der Waals surface area contributed by atoms with Gasteiger partial charge in [-0.15, -0.1) is 0 Å². The van der Waals surface area contributed by atoms with E-state index in [1.165, 1.54) is 5.56 Å². The van der Waals surface area contributed by atoms with Crippen molar-refractivity contribution in [2.24, 2.45) is 10.7 Å². The summed E-state index contributed by atoms with van der Waals surface area (Å²) in [5.41, 5.74) is 8.18. The molecule has 98 valence electrons. The molecule has 1 aliphatic heterocycles. The molecule has 3 rings (SSSR count). The average Bonchev–Trinajstić information content (AvgIpc) is 3.00. The fraction of sp³-hybridized carbons (Fsp3) is 0.286. The average molecular weight is 255 g/mol. The number of benzene rings is 1. The van der Waals surface area contributed by atoms with E-state index >= 15 is 0 Å². The molecule has 1 aromatic heterocycles. The van der Waals surface area contributed by atoms with Crippen molar-refractivity contribution in [2.45, 2.75) is 12.6 Å². The van der Waals surface area contributed by atoms with Crippen LogP contribution >= 0.6 is 0 Å². The van der Waals surface area contributed by atoms with E-state index < -0.39 is 0 Å². The van der Waals surface area contributed by atoms with Crippen LogP contribution in [-0.4, -0.2) is 34.2 Å². The third-order valence-electron chi connectivity index (χ3n) is 3.48. The van der Waals surface area contributed by atoms with Crippen molar-refractivity contribution in [1.29, 1.82) is 0 Å². The molecule has 2 heterocycles. The van der Waals surface area contributed by atoms with E-state index in [-0.39, 0.29) is 6.04 Å². The highest BCUT2D eigenvalue weighted by Crippen LogP contribution is 2.23. The smallest absolute Gasteiger partial charge is 0.191 e. The molecule has 1 aromatic carbocycles. The molecule has 0 fully saturated rings. The SMILES string of the molecule is CN1C(N)=NCC1c1cnn(Cc2ccccc2)c1. The number of hydrogen-bond donors (Lipinski definition) is 1. The monoisotopic (exact) mass is 255 g/mol. The Morgan fingerprint density at radius 2 is 2.11 bits per heavy atom. The van der Waals surface area contributed by atoms with Crippen LogP contribution in [0.3, 0.4) is 0 Å². The van der Waals surface area contributed by atoms with Crippen LogP contribution in [0.2, 0.25) is 0 Å². The van der Waals surface area contributed by atoms with Crippen LogP contribution in [0.4, 0.5) is 0 Å². The Balaban J connectivity index is 1.74. The predicted molar refractivity (Wildman–Crippen MR) is 74.8 cm³/mol. The summed E-state index contributed by atoms with van der Waals surface area (Å²) in [6.07, 6.45) is 3.97. The molecule has 5 nitrogen and oxygen atoms in total. The number of hydrogen-bond acceptors (Lipinski definition) is 4. The Kier molecular flexibility index (Phi) is 2.95. The highest BCUT2D eigenvalue weighted by molar-refractivity contribution is 5.80. The highest BCUT2D eigenvalue weighted by Gasteiger charge is 2.24. The molecule has 0 saturated carbocycles. The van der Waals surface area contributed by atoms with Crippen LogP contribution in [0.25, 0.3) is 0 Å². The number of aliphatic imine (C=N–C) groups is 1. The Hall–Kier alpha value is -2.30. The fourth-order valence-corrected chi connectivity index (χ4v) is 2.31. The molecule has 1 unspecified atom stereocenters. The maximum atomic E-state index is 5.79. The minimum atomic E-state index is 0.213. The number of guanidine groups is 1. The van der Waals surface area contributed by atoms with E-state index in [4.69, 9.17) is 5.73 Å². The van der Waals surface area contributed by atoms with E-state index in [0.29, 0.717) is 12.5 Å². The Morgan fingerprint density at radius 1 is 1.32 bits per heavy atom. The van der Waals surface area contributed by atoms with Crippen LogP contribution < -0.4 is 5.73 Å². The summed E-state index contributed by atoms with van der Waals surface area (Å²) in [4.78, 5) is 6.24. The van der Waals surface area contributed by atoms with Gasteiger partial charge in [0.15, 0.2) is 5.96 Å². The first kappa shape index (κ1) is 11.8. The second kappa shape index (κ2) is 4.76. The molecule has 19 heavy (non-hydrogen) atoms. The molecule has 0 radical (unpaired) electrons. The van der Waals surface area contributed by atoms with Crippen molar-refractivity contribution < 1.29 is 0 Å². The van der Waals surface area contributed by atoms with Gasteiger partial charge in [-0.1, -0.05) is 30.3 Å². The summed E-state index contributed by atoms with van der Waals surface area (Å²) in [7, 11) is 1.96. The van der Waals surface area contributed by atoms with E-state index in [9.17, 15) is 0 Å². The summed E-state index contributed by atoms with van der Waals surface area (Å²) >= 11 is 0. The van der Waals surface area contributed by atoms with Crippen molar-refractivity contribution in [3.05, 3.63) is 53.9 Å². The predicted octanol–water partition coefficient (Wildman–Crippen LogP) is 1.23. The van der Waals surface area contributed by atoms with E-state index in [2.05, 4.69) is 28.4 Å². The van der Waals surface area contributed by atoms with Crippen LogP contribution in [-0.2, 0) is 6.54 Å². The molecule has 1 aliphatic rings. The van der Waals surface area contributed by atoms with Crippen molar-refractivity contribution in [3.63, 3.8) is 0 Å². The largest absolute Gasteiger partial charge is 0.370 e. The minimum absolute atomic E-state index is 0.213. The molecule has 0 aliphatic carbocycles. The molecular formula is C14H17N5. The van der Waals surface area contributed by atoms with E-state index in [1.807, 2.05) is 41.0 Å². The molecular weight excluding hydrogens is 238 g/mol. The zero-order valence-corrected chi connectivity index (χ0v) is 10.9. The van der Waals surface area contributed by atoms with Gasteiger partial charge >= 0.3 is 0 Å². The summed E-state index contributed by atoms with van der Waals surface area (Å²) in [5.74, 6) is 0.598. The summed E-state index contributed by atoms with van der Waals surface area (Å²) in [5, 5.41) is 4.41. The lowest BCUT2D eigenvalue weighted by Gasteiger charge is -2.19. The third kappa shape index (κ3) is 2.31. The Labute approximate surface area is 112 Å². The Morgan fingerprint density at radius 3 is 2.79 bits per heavy atom. The van der Waals surface area contributed by atoms with Crippen molar-refractivity contribution >= 4 is 5.96 Å². The molecule has 0 spiro atoms. The van der Waals surface area contributed by atoms with Crippen molar-refractivity contribution in [3.8, 4) is 0 Å². The highest BCUT2D eigenvalue weighted by atomic mass is 15.3. The van der Waals surface area contributed by atoms with E-state index in [0.717, 1.165) is 12.1 Å². The second-order valence-corrected chi connectivity index (χ2v) is 4.78. The van der Waals surface area contributed by atoms with Gasteiger partial charge in [-0.05, 0) is 5.56 Å². The number of rotatable bonds is 3. The minimum Gasteiger partial charge on any atom is -0.370 e. The maximum absolute atomic E-state index is 5.79. The van der Waals surface area contributed by atoms with Gasteiger partial charge in [0.2, 0.25) is 0 Å². The molecule has 0 saturated heterocycles. The molecule has 0 amide bonds. The maximum Gasteiger partial charge on any atom is 0.191 e. The summed E-state index contributed by atoms with van der Waals surface area (Å²) in [6, 6.07) is 10.5. The van der Waals surface area contributed by atoms with Crippen molar-refractivity contribution in [2.75, 3.05) is 13.6 Å². The standard InChI is InChI=1S/C14H17N5/c1-18-13(8-16-14(18)15)12-7-17-19(10-12)9-11-5-3-2-4-6-11/h2-7,10,13H,8-9H2,1H3,(H2,15,16). The van der Waals surface area contributed by atoms with Crippen LogP contribution in [0.1, 0.15) is 17.2 Å². The lowest BCUT2D eigenvalue weighted by molar-refractivity contribution is 0.414. The third-order valence-corrected chi connectivity index (χ3v) is 3.48. The van der Waals surface area contributed by atoms with Gasteiger partial charge in [-0.3, -0.25) is 9.67 Å². The van der Waals surface area contributed by atoms with Crippen LogP contribution in [0.15, 0.2) is 47.7 Å². The molecule has 5 heteroatoms. The van der Waals surface area contributed by atoms with E-state index in [1.54, 1.807) is 0 Å². The second-order valence-electron chi connectivity index (χ2n) is 4.78. The van der Waals surface area contributed by atoms with Crippen LogP contribution in [0.5, 0.6) is 0 Å². The lowest BCUT2D eigenvalue weighted by atomic mass is 10.1. The fourth-order valence-electron chi connectivity index (χ4n) is 2.31. The number of likely N-dealkylation sites (N-methyl/N-ethyl adjacent to an activating group) is 1. The molecule has 2 aromatic rings. The summed E-state index contributed by atoms with van der Waals surface area (Å²) in [6.45, 7) is 1.49. The van der Waals surface area contributed by atoms with Gasteiger partial charge < -0.3 is 10.6 Å². The van der Waals surface area contributed by atoms with Gasteiger partial charge in [0, 0.05) is 18.8 Å². The quantitative estimate of drug-likeness (QED) is 0.897. The van der Waals surface area contributed by atoms with Gasteiger partial charge in [0.05, 0.1) is 25.3 Å². The Bertz CT molecular complexity index is 587. The van der Waals surface area contributed by atoms with Crippen molar-refractivity contribution in [1.82, 2.24) is 14.7 Å². The molecule has 1 atom stereocenters. The normalized spacial score (nSPS) is 18.7. The van der Waals surface area contributed by atoms with Gasteiger partial charge in [-0.25, -0.2) is 0 Å². The first-order valence-electron chi connectivity index (χ1n) is 6.33. The molecule has 2 N–H and O–H groups in total. The summed E-state index contributed by atoms with van der Waals surface area (Å²) < 4.78 is 1.95.